The van der Waals surface area contributed by atoms with Crippen LogP contribution in [0.25, 0.3) is 0 Å². The van der Waals surface area contributed by atoms with Crippen LogP contribution in [0, 0.1) is 5.92 Å². The molecule has 8 heteroatoms. The van der Waals surface area contributed by atoms with Crippen molar-refractivity contribution in [3.63, 3.8) is 0 Å². The Morgan fingerprint density at radius 2 is 1.83 bits per heavy atom. The van der Waals surface area contributed by atoms with E-state index in [2.05, 4.69) is 20.7 Å². The Bertz CT molecular complexity index is 929. The highest BCUT2D eigenvalue weighted by atomic mass is 79.9. The van der Waals surface area contributed by atoms with E-state index in [4.69, 9.17) is 0 Å². The van der Waals surface area contributed by atoms with Crippen LogP contribution < -0.4 is 4.72 Å². The number of nitrogens with one attached hydrogen (secondary N) is 1. The second-order valence-corrected chi connectivity index (χ2v) is 9.86. The second kappa shape index (κ2) is 9.84. The molecule has 0 aliphatic carbocycles. The predicted octanol–water partition coefficient (Wildman–Crippen LogP) is 3.09. The molecule has 0 saturated carbocycles. The molecule has 2 aromatic carbocycles. The van der Waals surface area contributed by atoms with Gasteiger partial charge in [-0.05, 0) is 42.5 Å². The molecule has 0 bridgehead atoms. The Morgan fingerprint density at radius 1 is 1.14 bits per heavy atom. The van der Waals surface area contributed by atoms with E-state index < -0.39 is 16.1 Å². The van der Waals surface area contributed by atoms with Crippen LogP contribution in [0.2, 0.25) is 0 Å². The van der Waals surface area contributed by atoms with E-state index in [9.17, 15) is 18.3 Å². The summed E-state index contributed by atoms with van der Waals surface area (Å²) in [4.78, 5) is 14.4. The standard InChI is InChI=1S/C21H25BrN2O4S/c22-18-7-4-8-19(15-18)29(27,28)23-12-9-20(25)24-13-10-17(11-14-24)21(26)16-5-2-1-3-6-16/h1-8,15,17,21,23,26H,9-14H2. The van der Waals surface area contributed by atoms with Crippen LogP contribution >= 0.6 is 15.9 Å². The van der Waals surface area contributed by atoms with Gasteiger partial charge in [-0.1, -0.05) is 52.3 Å². The molecular formula is C21H25BrN2O4S. The largest absolute Gasteiger partial charge is 0.388 e. The van der Waals surface area contributed by atoms with Crippen LogP contribution in [0.4, 0.5) is 0 Å². The van der Waals surface area contributed by atoms with Crippen molar-refractivity contribution >= 4 is 31.9 Å². The highest BCUT2D eigenvalue weighted by Crippen LogP contribution is 2.30. The van der Waals surface area contributed by atoms with Gasteiger partial charge in [0.25, 0.3) is 0 Å². The molecule has 2 aromatic rings. The molecule has 29 heavy (non-hydrogen) atoms. The van der Waals surface area contributed by atoms with Crippen molar-refractivity contribution in [1.82, 2.24) is 9.62 Å². The van der Waals surface area contributed by atoms with Gasteiger partial charge >= 0.3 is 0 Å². The number of carbonyl (C=O) groups is 1. The first-order chi connectivity index (χ1) is 13.9. The van der Waals surface area contributed by atoms with Crippen molar-refractivity contribution in [3.05, 3.63) is 64.6 Å². The summed E-state index contributed by atoms with van der Waals surface area (Å²) in [6.45, 7) is 1.21. The summed E-state index contributed by atoms with van der Waals surface area (Å²) in [5.74, 6) is 0.0473. The SMILES string of the molecule is O=C(CCNS(=O)(=O)c1cccc(Br)c1)N1CCC(C(O)c2ccccc2)CC1. The van der Waals surface area contributed by atoms with Gasteiger partial charge in [-0.3, -0.25) is 4.79 Å². The Balaban J connectivity index is 1.45. The first kappa shape index (κ1) is 22.0. The van der Waals surface area contributed by atoms with E-state index in [0.29, 0.717) is 17.6 Å². The smallest absolute Gasteiger partial charge is 0.240 e. The molecule has 0 aromatic heterocycles. The number of hydrogen-bond donors (Lipinski definition) is 2. The van der Waals surface area contributed by atoms with Gasteiger partial charge < -0.3 is 10.0 Å². The van der Waals surface area contributed by atoms with Crippen molar-refractivity contribution in [2.75, 3.05) is 19.6 Å². The second-order valence-electron chi connectivity index (χ2n) is 7.18. The molecular weight excluding hydrogens is 456 g/mol. The summed E-state index contributed by atoms with van der Waals surface area (Å²) in [6, 6.07) is 16.0. The maximum Gasteiger partial charge on any atom is 0.240 e. The summed E-state index contributed by atoms with van der Waals surface area (Å²) < 4.78 is 27.8. The minimum absolute atomic E-state index is 0.0558. The monoisotopic (exact) mass is 480 g/mol. The fourth-order valence-electron chi connectivity index (χ4n) is 3.55. The molecule has 1 aliphatic rings. The van der Waals surface area contributed by atoms with E-state index in [1.165, 1.54) is 12.1 Å². The first-order valence-electron chi connectivity index (χ1n) is 9.63. The third-order valence-electron chi connectivity index (χ3n) is 5.22. The zero-order valence-corrected chi connectivity index (χ0v) is 18.4. The molecule has 1 heterocycles. The molecule has 1 saturated heterocycles. The van der Waals surface area contributed by atoms with Gasteiger partial charge in [-0.25, -0.2) is 13.1 Å². The normalized spacial score (nSPS) is 16.6. The molecule has 6 nitrogen and oxygen atoms in total. The molecule has 2 N–H and O–H groups in total. The molecule has 0 spiro atoms. The van der Waals surface area contributed by atoms with Crippen molar-refractivity contribution in [3.8, 4) is 0 Å². The lowest BCUT2D eigenvalue weighted by atomic mass is 9.87. The Hall–Kier alpha value is -1.74. The minimum atomic E-state index is -3.64. The number of hydrogen-bond acceptors (Lipinski definition) is 4. The quantitative estimate of drug-likeness (QED) is 0.637. The number of amides is 1. The van der Waals surface area contributed by atoms with Crippen LogP contribution in [-0.2, 0) is 14.8 Å². The molecule has 0 radical (unpaired) electrons. The van der Waals surface area contributed by atoms with E-state index >= 15 is 0 Å². The summed E-state index contributed by atoms with van der Waals surface area (Å²) in [5, 5.41) is 10.5. The van der Waals surface area contributed by atoms with E-state index in [1.807, 2.05) is 30.3 Å². The van der Waals surface area contributed by atoms with E-state index in [-0.39, 0.29) is 29.7 Å². The topological polar surface area (TPSA) is 86.7 Å². The molecule has 1 unspecified atom stereocenters. The van der Waals surface area contributed by atoms with Gasteiger partial charge in [0, 0.05) is 30.5 Å². The maximum atomic E-state index is 12.4. The predicted molar refractivity (Wildman–Crippen MR) is 115 cm³/mol. The number of carbonyl (C=O) groups excluding carboxylic acids is 1. The Morgan fingerprint density at radius 3 is 2.48 bits per heavy atom. The van der Waals surface area contributed by atoms with Crippen molar-refractivity contribution in [1.29, 1.82) is 0 Å². The van der Waals surface area contributed by atoms with Crippen LogP contribution in [0.3, 0.4) is 0 Å². The zero-order valence-electron chi connectivity index (χ0n) is 16.0. The molecule has 1 fully saturated rings. The van der Waals surface area contributed by atoms with Crippen LogP contribution in [0.1, 0.15) is 30.9 Å². The van der Waals surface area contributed by atoms with Gasteiger partial charge in [0.1, 0.15) is 0 Å². The lowest BCUT2D eigenvalue weighted by molar-refractivity contribution is -0.133. The molecule has 1 aliphatic heterocycles. The number of aliphatic hydroxyl groups excluding tert-OH is 1. The number of nitrogens with zero attached hydrogens (tertiary/aromatic N) is 1. The number of piperidine rings is 1. The van der Waals surface area contributed by atoms with Crippen LogP contribution in [0.5, 0.6) is 0 Å². The fraction of sp³-hybridized carbons (Fsp3) is 0.381. The first-order valence-corrected chi connectivity index (χ1v) is 11.9. The maximum absolute atomic E-state index is 12.4. The molecule has 156 valence electrons. The fourth-order valence-corrected chi connectivity index (χ4v) is 5.18. The molecule has 1 atom stereocenters. The van der Waals surface area contributed by atoms with Gasteiger partial charge in [0.2, 0.25) is 15.9 Å². The number of sulfonamides is 1. The summed E-state index contributed by atoms with van der Waals surface area (Å²) in [5.41, 5.74) is 0.902. The van der Waals surface area contributed by atoms with Gasteiger partial charge in [-0.15, -0.1) is 0 Å². The summed E-state index contributed by atoms with van der Waals surface area (Å²) in [7, 11) is -3.64. The lowest BCUT2D eigenvalue weighted by Gasteiger charge is -2.34. The van der Waals surface area contributed by atoms with E-state index in [1.54, 1.807) is 17.0 Å². The number of benzene rings is 2. The Labute approximate surface area is 180 Å². The van der Waals surface area contributed by atoms with Gasteiger partial charge in [-0.2, -0.15) is 0 Å². The number of aliphatic hydroxyl groups is 1. The summed E-state index contributed by atoms with van der Waals surface area (Å²) >= 11 is 3.26. The molecule has 3 rings (SSSR count). The highest BCUT2D eigenvalue weighted by Gasteiger charge is 2.28. The average molecular weight is 481 g/mol. The van der Waals surface area contributed by atoms with Crippen molar-refractivity contribution < 1.29 is 18.3 Å². The van der Waals surface area contributed by atoms with E-state index in [0.717, 1.165) is 18.4 Å². The molecule has 1 amide bonds. The number of likely N-dealkylation sites (tertiary alicyclic amines) is 1. The number of rotatable bonds is 7. The lowest BCUT2D eigenvalue weighted by Crippen LogP contribution is -2.41. The number of halogens is 1. The van der Waals surface area contributed by atoms with Gasteiger partial charge in [0.15, 0.2) is 0 Å². The minimum Gasteiger partial charge on any atom is -0.388 e. The van der Waals surface area contributed by atoms with Crippen molar-refractivity contribution in [2.24, 2.45) is 5.92 Å². The van der Waals surface area contributed by atoms with Crippen molar-refractivity contribution in [2.45, 2.75) is 30.3 Å². The highest BCUT2D eigenvalue weighted by molar-refractivity contribution is 9.10. The summed E-state index contributed by atoms with van der Waals surface area (Å²) in [6.07, 6.45) is 1.04. The average Bonchev–Trinajstić information content (AvgIpc) is 2.74. The van der Waals surface area contributed by atoms with Gasteiger partial charge in [0.05, 0.1) is 11.0 Å². The van der Waals surface area contributed by atoms with Crippen LogP contribution in [-0.4, -0.2) is 44.0 Å². The third kappa shape index (κ3) is 5.88. The third-order valence-corrected chi connectivity index (χ3v) is 7.17. The zero-order chi connectivity index (χ0) is 20.9. The van der Waals surface area contributed by atoms with Crippen LogP contribution in [0.15, 0.2) is 64.0 Å². The Kier molecular flexibility index (Phi) is 7.45.